The van der Waals surface area contributed by atoms with E-state index in [0.29, 0.717) is 40.9 Å². The number of alkyl halides is 2. The van der Waals surface area contributed by atoms with Crippen LogP contribution < -0.4 is 5.32 Å². The number of carbonyl (C=O) groups is 3. The number of hydrogen-bond donors (Lipinski definition) is 2. The number of nitrogens with one attached hydrogen (secondary N) is 1. The Kier molecular flexibility index (Phi) is 9.15. The summed E-state index contributed by atoms with van der Waals surface area (Å²) in [5.41, 5.74) is 1.57. The normalized spacial score (nSPS) is 16.0. The van der Waals surface area contributed by atoms with Crippen molar-refractivity contribution in [1.29, 1.82) is 5.26 Å². The van der Waals surface area contributed by atoms with Gasteiger partial charge >= 0.3 is 6.09 Å². The van der Waals surface area contributed by atoms with E-state index in [9.17, 15) is 28.3 Å². The molecule has 13 heteroatoms. The first kappa shape index (κ1) is 30.9. The van der Waals surface area contributed by atoms with Gasteiger partial charge in [0.2, 0.25) is 11.9 Å². The lowest BCUT2D eigenvalue weighted by atomic mass is 9.87. The van der Waals surface area contributed by atoms with Crippen molar-refractivity contribution in [3.8, 4) is 6.07 Å². The zero-order valence-electron chi connectivity index (χ0n) is 23.9. The van der Waals surface area contributed by atoms with Crippen LogP contribution in [-0.2, 0) is 17.9 Å². The minimum absolute atomic E-state index is 0.101. The van der Waals surface area contributed by atoms with E-state index in [2.05, 4.69) is 10.3 Å². The SMILES string of the molecule is C[C@H](N(Cc1ccc2c(c1)nc(NC(=O)c1ccc(C(F)F)s1)n2C[C@H]1CCCN1C(=O)CC#N)C(=O)O)C(C)(C)C. The van der Waals surface area contributed by atoms with Crippen molar-refractivity contribution in [1.82, 2.24) is 19.4 Å². The summed E-state index contributed by atoms with van der Waals surface area (Å²) in [4.78, 5) is 45.3. The van der Waals surface area contributed by atoms with Crippen molar-refractivity contribution in [2.45, 2.75) is 78.6 Å². The van der Waals surface area contributed by atoms with E-state index >= 15 is 0 Å². The average molecular weight is 601 g/mol. The van der Waals surface area contributed by atoms with Gasteiger partial charge in [0, 0.05) is 31.7 Å². The fraction of sp³-hybridized carbons (Fsp3) is 0.483. The van der Waals surface area contributed by atoms with Crippen molar-refractivity contribution in [2.24, 2.45) is 5.41 Å². The van der Waals surface area contributed by atoms with E-state index in [1.807, 2.05) is 33.8 Å². The highest BCUT2D eigenvalue weighted by Gasteiger charge is 2.32. The molecule has 0 aliphatic carbocycles. The molecule has 3 heterocycles. The van der Waals surface area contributed by atoms with E-state index < -0.39 is 18.4 Å². The van der Waals surface area contributed by atoms with Crippen LogP contribution >= 0.6 is 11.3 Å². The van der Waals surface area contributed by atoms with Crippen LogP contribution in [0.5, 0.6) is 0 Å². The van der Waals surface area contributed by atoms with E-state index in [4.69, 9.17) is 5.26 Å². The third-order valence-corrected chi connectivity index (χ3v) is 8.84. The zero-order chi connectivity index (χ0) is 30.8. The Balaban J connectivity index is 1.70. The van der Waals surface area contributed by atoms with Crippen molar-refractivity contribution in [3.63, 3.8) is 0 Å². The lowest BCUT2D eigenvalue weighted by Gasteiger charge is -2.36. The summed E-state index contributed by atoms with van der Waals surface area (Å²) in [5, 5.41) is 21.7. The first-order chi connectivity index (χ1) is 19.8. The summed E-state index contributed by atoms with van der Waals surface area (Å²) in [5.74, 6) is -0.683. The van der Waals surface area contributed by atoms with Crippen molar-refractivity contribution in [2.75, 3.05) is 11.9 Å². The third kappa shape index (κ3) is 6.70. The van der Waals surface area contributed by atoms with Crippen LogP contribution in [0, 0.1) is 16.7 Å². The monoisotopic (exact) mass is 600 g/mol. The number of halogens is 2. The number of rotatable bonds is 9. The molecule has 4 rings (SSSR count). The Morgan fingerprint density at radius 2 is 2.00 bits per heavy atom. The maximum absolute atomic E-state index is 13.1. The van der Waals surface area contributed by atoms with Crippen LogP contribution in [0.3, 0.4) is 0 Å². The van der Waals surface area contributed by atoms with Crippen LogP contribution in [0.15, 0.2) is 30.3 Å². The standard InChI is InChI=1S/C29H34F2N6O4S/c1-17(29(2,3)4)36(28(40)41)15-18-7-8-21-20(14-18)33-27(34-26(39)23-10-9-22(42-23)25(30)31)37(21)16-19-6-5-13-35(19)24(38)11-12-32/h7-10,14,17,19,25H,5-6,11,13,15-16H2,1-4H3,(H,40,41)(H,33,34,39)/t17-,19+/m0/s1. The van der Waals surface area contributed by atoms with Gasteiger partial charge in [-0.3, -0.25) is 14.9 Å². The summed E-state index contributed by atoms with van der Waals surface area (Å²) in [6, 6.07) is 9.30. The number of hydrogen-bond acceptors (Lipinski definition) is 6. The molecule has 224 valence electrons. The van der Waals surface area contributed by atoms with E-state index in [0.717, 1.165) is 6.42 Å². The van der Waals surface area contributed by atoms with Crippen molar-refractivity contribution < 1.29 is 28.3 Å². The molecule has 3 aromatic rings. The molecule has 2 atom stereocenters. The minimum atomic E-state index is -2.69. The summed E-state index contributed by atoms with van der Waals surface area (Å²) < 4.78 is 28.0. The molecule has 0 bridgehead atoms. The number of carboxylic acid groups (broad SMARTS) is 1. The Hall–Kier alpha value is -4.05. The van der Waals surface area contributed by atoms with E-state index in [1.165, 1.54) is 17.0 Å². The van der Waals surface area contributed by atoms with Gasteiger partial charge in [0.15, 0.2) is 0 Å². The van der Waals surface area contributed by atoms with Gasteiger partial charge in [-0.25, -0.2) is 18.6 Å². The number of amides is 3. The predicted octanol–water partition coefficient (Wildman–Crippen LogP) is 6.11. The van der Waals surface area contributed by atoms with Gasteiger partial charge in [-0.15, -0.1) is 11.3 Å². The van der Waals surface area contributed by atoms with Crippen LogP contribution in [-0.4, -0.2) is 61.0 Å². The molecule has 3 amide bonds. The molecular formula is C29H34F2N6O4S. The highest BCUT2D eigenvalue weighted by molar-refractivity contribution is 7.14. The molecule has 2 aromatic heterocycles. The Morgan fingerprint density at radius 3 is 2.62 bits per heavy atom. The number of benzene rings is 1. The van der Waals surface area contributed by atoms with Crippen LogP contribution in [0.25, 0.3) is 11.0 Å². The summed E-state index contributed by atoms with van der Waals surface area (Å²) >= 11 is 0.697. The molecule has 42 heavy (non-hydrogen) atoms. The largest absolute Gasteiger partial charge is 0.465 e. The summed E-state index contributed by atoms with van der Waals surface area (Å²) in [6.07, 6.45) is -2.50. The first-order valence-electron chi connectivity index (χ1n) is 13.6. The predicted molar refractivity (Wildman–Crippen MR) is 154 cm³/mol. The number of imidazole rings is 1. The molecule has 10 nitrogen and oxygen atoms in total. The number of carbonyl (C=O) groups excluding carboxylic acids is 2. The van der Waals surface area contributed by atoms with E-state index in [-0.39, 0.29) is 58.6 Å². The lowest BCUT2D eigenvalue weighted by Crippen LogP contribution is -2.44. The number of thiophene rings is 1. The first-order valence-corrected chi connectivity index (χ1v) is 14.5. The Bertz CT molecular complexity index is 1520. The molecule has 1 fully saturated rings. The maximum atomic E-state index is 13.1. The zero-order valence-corrected chi connectivity index (χ0v) is 24.8. The van der Waals surface area contributed by atoms with Gasteiger partial charge in [0.05, 0.1) is 26.9 Å². The third-order valence-electron chi connectivity index (χ3n) is 7.74. The Morgan fingerprint density at radius 1 is 1.26 bits per heavy atom. The van der Waals surface area contributed by atoms with Crippen LogP contribution in [0.1, 0.15) is 73.5 Å². The van der Waals surface area contributed by atoms with Gasteiger partial charge in [0.1, 0.15) is 6.42 Å². The summed E-state index contributed by atoms with van der Waals surface area (Å²) in [7, 11) is 0. The van der Waals surface area contributed by atoms with Gasteiger partial charge < -0.3 is 19.5 Å². The molecule has 2 N–H and O–H groups in total. The highest BCUT2D eigenvalue weighted by atomic mass is 32.1. The number of fused-ring (bicyclic) bond motifs is 1. The average Bonchev–Trinajstić information content (AvgIpc) is 3.66. The summed E-state index contributed by atoms with van der Waals surface area (Å²) in [6.45, 7) is 8.71. The number of anilines is 1. The second-order valence-corrected chi connectivity index (χ2v) is 12.6. The Labute approximate surface area is 246 Å². The molecule has 1 aliphatic heterocycles. The second-order valence-electron chi connectivity index (χ2n) is 11.5. The highest BCUT2D eigenvalue weighted by Crippen LogP contribution is 2.31. The maximum Gasteiger partial charge on any atom is 0.407 e. The molecule has 0 saturated carbocycles. The number of nitrogens with zero attached hydrogens (tertiary/aromatic N) is 5. The van der Waals surface area contributed by atoms with Gasteiger partial charge in [-0.05, 0) is 55.0 Å². The molecule has 1 aromatic carbocycles. The number of likely N-dealkylation sites (tertiary alicyclic amines) is 1. The molecule has 0 radical (unpaired) electrons. The number of aromatic nitrogens is 2. The van der Waals surface area contributed by atoms with Crippen molar-refractivity contribution in [3.05, 3.63) is 45.6 Å². The fourth-order valence-electron chi connectivity index (χ4n) is 5.08. The van der Waals surface area contributed by atoms with Gasteiger partial charge in [-0.2, -0.15) is 5.26 Å². The lowest BCUT2D eigenvalue weighted by molar-refractivity contribution is -0.131. The molecular weight excluding hydrogens is 566 g/mol. The minimum Gasteiger partial charge on any atom is -0.465 e. The fourth-order valence-corrected chi connectivity index (χ4v) is 5.84. The quantitative estimate of drug-likeness (QED) is 0.305. The topological polar surface area (TPSA) is 132 Å². The van der Waals surface area contributed by atoms with Crippen LogP contribution in [0.2, 0.25) is 0 Å². The van der Waals surface area contributed by atoms with E-state index in [1.54, 1.807) is 27.7 Å². The molecule has 0 unspecified atom stereocenters. The molecule has 1 aliphatic rings. The van der Waals surface area contributed by atoms with Crippen LogP contribution in [0.4, 0.5) is 19.5 Å². The number of nitriles is 1. The van der Waals surface area contributed by atoms with Gasteiger partial charge in [-0.1, -0.05) is 26.8 Å². The van der Waals surface area contributed by atoms with Gasteiger partial charge in [0.25, 0.3) is 12.3 Å². The van der Waals surface area contributed by atoms with Crippen molar-refractivity contribution >= 4 is 46.2 Å². The smallest absolute Gasteiger partial charge is 0.407 e. The molecule has 0 spiro atoms. The molecule has 1 saturated heterocycles. The second kappa shape index (κ2) is 12.4.